The number of rotatable bonds is 2. The third-order valence-electron chi connectivity index (χ3n) is 2.24. The molecule has 0 saturated heterocycles. The van der Waals surface area contributed by atoms with E-state index in [0.717, 1.165) is 12.0 Å². The topological polar surface area (TPSA) is 0 Å². The van der Waals surface area contributed by atoms with Gasteiger partial charge in [0.05, 0.1) is 0 Å². The van der Waals surface area contributed by atoms with Crippen molar-refractivity contribution >= 4 is 22.6 Å². The fourth-order valence-corrected chi connectivity index (χ4v) is 2.06. The lowest BCUT2D eigenvalue weighted by molar-refractivity contribution is 0.619. The molecule has 0 radical (unpaired) electrons. The van der Waals surface area contributed by atoms with Crippen LogP contribution in [0.15, 0.2) is 48.5 Å². The molecular weight excluding hydrogens is 302 g/mol. The summed E-state index contributed by atoms with van der Waals surface area (Å²) in [6, 6.07) is 15.4. The van der Waals surface area contributed by atoms with Gasteiger partial charge < -0.3 is 0 Å². The zero-order chi connectivity index (χ0) is 10.7. The van der Waals surface area contributed by atoms with E-state index in [1.54, 1.807) is 0 Å². The lowest BCUT2D eigenvalue weighted by atomic mass is 10.1. The van der Waals surface area contributed by atoms with Crippen LogP contribution >= 0.6 is 22.6 Å². The van der Waals surface area contributed by atoms with Crippen molar-refractivity contribution in [2.45, 2.75) is 6.42 Å². The summed E-state index contributed by atoms with van der Waals surface area (Å²) < 4.78 is 13.7. The highest BCUT2D eigenvalue weighted by Crippen LogP contribution is 2.15. The van der Waals surface area contributed by atoms with E-state index in [1.807, 2.05) is 52.9 Å². The van der Waals surface area contributed by atoms with E-state index < -0.39 is 0 Å². The molecule has 0 aliphatic heterocycles. The molecule has 0 atom stereocenters. The molecule has 0 aliphatic rings. The molecule has 0 heterocycles. The van der Waals surface area contributed by atoms with E-state index >= 15 is 0 Å². The van der Waals surface area contributed by atoms with Crippen LogP contribution in [-0.2, 0) is 6.42 Å². The molecule has 0 aliphatic carbocycles. The molecule has 76 valence electrons. The summed E-state index contributed by atoms with van der Waals surface area (Å²) >= 11 is 2.02. The first-order valence-electron chi connectivity index (χ1n) is 4.73. The monoisotopic (exact) mass is 312 g/mol. The third-order valence-corrected chi connectivity index (χ3v) is 3.06. The molecule has 2 rings (SSSR count). The Hall–Kier alpha value is -0.900. The van der Waals surface area contributed by atoms with E-state index in [-0.39, 0.29) is 5.82 Å². The summed E-state index contributed by atoms with van der Waals surface area (Å²) in [5.74, 6) is -0.146. The quantitative estimate of drug-likeness (QED) is 0.735. The second-order valence-corrected chi connectivity index (χ2v) is 4.57. The molecule has 0 amide bonds. The van der Waals surface area contributed by atoms with Gasteiger partial charge in [-0.3, -0.25) is 0 Å². The third kappa shape index (κ3) is 2.78. The smallest absolute Gasteiger partial charge is 0.136 e. The van der Waals surface area contributed by atoms with Gasteiger partial charge in [0, 0.05) is 3.57 Å². The van der Waals surface area contributed by atoms with E-state index in [0.29, 0.717) is 3.57 Å². The highest BCUT2D eigenvalue weighted by atomic mass is 127. The second-order valence-electron chi connectivity index (χ2n) is 3.41. The van der Waals surface area contributed by atoms with Gasteiger partial charge in [-0.2, -0.15) is 0 Å². The summed E-state index contributed by atoms with van der Waals surface area (Å²) in [6.07, 6.45) is 0.858. The molecule has 15 heavy (non-hydrogen) atoms. The largest absolute Gasteiger partial charge is 0.206 e. The van der Waals surface area contributed by atoms with Crippen molar-refractivity contribution in [3.05, 3.63) is 69.0 Å². The van der Waals surface area contributed by atoms with E-state index in [4.69, 9.17) is 0 Å². The van der Waals surface area contributed by atoms with Gasteiger partial charge in [-0.1, -0.05) is 36.4 Å². The molecular formula is C13H10FI. The first kappa shape index (κ1) is 10.6. The molecule has 2 aromatic rings. The molecule has 0 spiro atoms. The lowest BCUT2D eigenvalue weighted by Crippen LogP contribution is -1.90. The molecule has 0 saturated carbocycles. The first-order valence-corrected chi connectivity index (χ1v) is 5.81. The van der Waals surface area contributed by atoms with Crippen molar-refractivity contribution in [2.75, 3.05) is 0 Å². The summed E-state index contributed by atoms with van der Waals surface area (Å²) in [5.41, 5.74) is 2.40. The molecule has 0 fully saturated rings. The van der Waals surface area contributed by atoms with Crippen molar-refractivity contribution in [1.82, 2.24) is 0 Å². The molecule has 2 heteroatoms. The minimum absolute atomic E-state index is 0.146. The normalized spacial score (nSPS) is 10.3. The summed E-state index contributed by atoms with van der Waals surface area (Å²) in [4.78, 5) is 0. The first-order chi connectivity index (χ1) is 7.25. The van der Waals surface area contributed by atoms with Gasteiger partial charge in [0.15, 0.2) is 0 Å². The zero-order valence-electron chi connectivity index (χ0n) is 8.08. The number of halogens is 2. The maximum absolute atomic E-state index is 13.0. The molecule has 0 N–H and O–H groups in total. The highest BCUT2D eigenvalue weighted by molar-refractivity contribution is 14.1. The van der Waals surface area contributed by atoms with Crippen LogP contribution in [0.1, 0.15) is 11.1 Å². The van der Waals surface area contributed by atoms with Gasteiger partial charge in [-0.05, 0) is 52.3 Å². The molecule has 2 aromatic carbocycles. The second kappa shape index (κ2) is 4.75. The maximum Gasteiger partial charge on any atom is 0.136 e. The average molecular weight is 312 g/mol. The maximum atomic E-state index is 13.0. The average Bonchev–Trinajstić information content (AvgIpc) is 2.25. The van der Waals surface area contributed by atoms with Crippen LogP contribution in [0.25, 0.3) is 0 Å². The Morgan fingerprint density at radius 3 is 2.33 bits per heavy atom. The minimum Gasteiger partial charge on any atom is -0.206 e. The van der Waals surface area contributed by atoms with Crippen LogP contribution in [0.2, 0.25) is 0 Å². The van der Waals surface area contributed by atoms with Crippen LogP contribution in [0.4, 0.5) is 4.39 Å². The summed E-state index contributed by atoms with van der Waals surface area (Å²) in [6.45, 7) is 0. The fourth-order valence-electron chi connectivity index (χ4n) is 1.48. The number of benzene rings is 2. The summed E-state index contributed by atoms with van der Waals surface area (Å²) in [5, 5.41) is 0. The zero-order valence-corrected chi connectivity index (χ0v) is 10.2. The highest BCUT2D eigenvalue weighted by Gasteiger charge is 2.00. The Balaban J connectivity index is 2.22. The van der Waals surface area contributed by atoms with Gasteiger partial charge in [0.25, 0.3) is 0 Å². The van der Waals surface area contributed by atoms with Crippen molar-refractivity contribution in [3.63, 3.8) is 0 Å². The van der Waals surface area contributed by atoms with Crippen LogP contribution < -0.4 is 0 Å². The Morgan fingerprint density at radius 1 is 0.933 bits per heavy atom. The molecule has 0 unspecified atom stereocenters. The van der Waals surface area contributed by atoms with E-state index in [2.05, 4.69) is 12.1 Å². The van der Waals surface area contributed by atoms with Gasteiger partial charge in [-0.25, -0.2) is 4.39 Å². The predicted octanol–water partition coefficient (Wildman–Crippen LogP) is 4.02. The van der Waals surface area contributed by atoms with Crippen molar-refractivity contribution in [1.29, 1.82) is 0 Å². The van der Waals surface area contributed by atoms with E-state index in [1.165, 1.54) is 11.6 Å². The van der Waals surface area contributed by atoms with Gasteiger partial charge in [-0.15, -0.1) is 0 Å². The van der Waals surface area contributed by atoms with Crippen molar-refractivity contribution in [2.24, 2.45) is 0 Å². The lowest BCUT2D eigenvalue weighted by Gasteiger charge is -2.02. The van der Waals surface area contributed by atoms with Crippen LogP contribution in [-0.4, -0.2) is 0 Å². The Labute approximate surface area is 102 Å². The standard InChI is InChI=1S/C13H10FI/c14-12-7-6-11(9-13(12)15)8-10-4-2-1-3-5-10/h1-7,9H,8H2. The minimum atomic E-state index is -0.146. The van der Waals surface area contributed by atoms with Gasteiger partial charge >= 0.3 is 0 Å². The van der Waals surface area contributed by atoms with Crippen molar-refractivity contribution in [3.8, 4) is 0 Å². The van der Waals surface area contributed by atoms with Crippen LogP contribution in [0.3, 0.4) is 0 Å². The van der Waals surface area contributed by atoms with Crippen LogP contribution in [0, 0.1) is 9.39 Å². The molecule has 0 bridgehead atoms. The van der Waals surface area contributed by atoms with Gasteiger partial charge in [0.2, 0.25) is 0 Å². The number of hydrogen-bond acceptors (Lipinski definition) is 0. The SMILES string of the molecule is Fc1ccc(Cc2ccccc2)cc1I. The van der Waals surface area contributed by atoms with Crippen molar-refractivity contribution < 1.29 is 4.39 Å². The number of hydrogen-bond donors (Lipinski definition) is 0. The Kier molecular flexibility index (Phi) is 3.36. The Bertz CT molecular complexity index is 451. The summed E-state index contributed by atoms with van der Waals surface area (Å²) in [7, 11) is 0. The fraction of sp³-hybridized carbons (Fsp3) is 0.0769. The molecule has 0 aromatic heterocycles. The predicted molar refractivity (Wildman–Crippen MR) is 68.4 cm³/mol. The Morgan fingerprint density at radius 2 is 1.67 bits per heavy atom. The molecule has 0 nitrogen and oxygen atoms in total. The van der Waals surface area contributed by atoms with E-state index in [9.17, 15) is 4.39 Å². The van der Waals surface area contributed by atoms with Crippen LogP contribution in [0.5, 0.6) is 0 Å². The van der Waals surface area contributed by atoms with Gasteiger partial charge in [0.1, 0.15) is 5.82 Å².